The molecule has 16 heavy (non-hydrogen) atoms. The van der Waals surface area contributed by atoms with Crippen LogP contribution in [0, 0.1) is 17.8 Å². The Morgan fingerprint density at radius 1 is 0.625 bits per heavy atom. The fourth-order valence-electron chi connectivity index (χ4n) is 1.95. The summed E-state index contributed by atoms with van der Waals surface area (Å²) >= 11 is 22.0. The number of hydrogen-bond donors (Lipinski definition) is 5. The molecule has 3 unspecified atom stereocenters. The van der Waals surface area contributed by atoms with E-state index in [0.717, 1.165) is 41.6 Å². The first-order chi connectivity index (χ1) is 7.73. The fraction of sp³-hybridized carbons (Fsp3) is 1.00. The molecule has 98 valence electrons. The molecule has 0 heterocycles. The van der Waals surface area contributed by atoms with Crippen LogP contribution in [-0.4, -0.2) is 28.8 Å². The molecule has 0 amide bonds. The van der Waals surface area contributed by atoms with Crippen LogP contribution in [0.15, 0.2) is 0 Å². The molecule has 3 atom stereocenters. The second kappa shape index (κ2) is 11.8. The van der Waals surface area contributed by atoms with Gasteiger partial charge in [-0.3, -0.25) is 0 Å². The molecule has 0 N–H and O–H groups in total. The molecular weight excluding hydrogens is 292 g/mol. The molecule has 0 aliphatic rings. The van der Waals surface area contributed by atoms with Crippen molar-refractivity contribution >= 4 is 63.1 Å². The minimum absolute atomic E-state index is 0.639. The zero-order chi connectivity index (χ0) is 12.4. The molecule has 0 saturated heterocycles. The summed E-state index contributed by atoms with van der Waals surface area (Å²) in [6, 6.07) is 0. The topological polar surface area (TPSA) is 0 Å². The van der Waals surface area contributed by atoms with Gasteiger partial charge >= 0.3 is 0 Å². The van der Waals surface area contributed by atoms with Gasteiger partial charge in [0.1, 0.15) is 0 Å². The molecule has 0 saturated carbocycles. The predicted molar refractivity (Wildman–Crippen MR) is 93.6 cm³/mol. The third kappa shape index (κ3) is 7.24. The van der Waals surface area contributed by atoms with Gasteiger partial charge in [-0.2, -0.15) is 63.1 Å². The van der Waals surface area contributed by atoms with E-state index in [1.165, 1.54) is 6.42 Å². The Morgan fingerprint density at radius 2 is 1.19 bits per heavy atom. The van der Waals surface area contributed by atoms with E-state index in [9.17, 15) is 0 Å². The Morgan fingerprint density at radius 3 is 1.56 bits per heavy atom. The highest BCUT2D eigenvalue weighted by molar-refractivity contribution is 7.81. The summed E-state index contributed by atoms with van der Waals surface area (Å²) in [5, 5.41) is 0. The highest BCUT2D eigenvalue weighted by Gasteiger charge is 2.21. The zero-order valence-corrected chi connectivity index (χ0v) is 14.1. The van der Waals surface area contributed by atoms with Crippen LogP contribution in [0.1, 0.15) is 19.3 Å². The van der Waals surface area contributed by atoms with E-state index in [0.29, 0.717) is 17.8 Å². The molecule has 5 heteroatoms. The van der Waals surface area contributed by atoms with E-state index >= 15 is 0 Å². The Kier molecular flexibility index (Phi) is 13.1. The summed E-state index contributed by atoms with van der Waals surface area (Å²) in [4.78, 5) is 0. The monoisotopic (exact) mass is 316 g/mol. The van der Waals surface area contributed by atoms with Gasteiger partial charge < -0.3 is 0 Å². The van der Waals surface area contributed by atoms with Crippen molar-refractivity contribution in [1.82, 2.24) is 0 Å². The molecule has 0 rings (SSSR count). The number of thiol groups is 5. The summed E-state index contributed by atoms with van der Waals surface area (Å²) < 4.78 is 0. The Balaban J connectivity index is 4.22. The van der Waals surface area contributed by atoms with Crippen LogP contribution < -0.4 is 0 Å². The molecule has 0 aliphatic heterocycles. The van der Waals surface area contributed by atoms with Crippen LogP contribution in [0.5, 0.6) is 0 Å². The third-order valence-corrected chi connectivity index (χ3v) is 5.04. The molecular formula is C11H24S5. The zero-order valence-electron chi connectivity index (χ0n) is 9.62. The van der Waals surface area contributed by atoms with E-state index in [1.54, 1.807) is 0 Å². The highest BCUT2D eigenvalue weighted by atomic mass is 32.1. The maximum absolute atomic E-state index is 4.48. The van der Waals surface area contributed by atoms with Crippen LogP contribution in [-0.2, 0) is 0 Å². The van der Waals surface area contributed by atoms with E-state index in [1.807, 2.05) is 0 Å². The van der Waals surface area contributed by atoms with Gasteiger partial charge in [-0.1, -0.05) is 0 Å². The maximum Gasteiger partial charge on any atom is -0.00663 e. The smallest absolute Gasteiger partial charge is 0.00663 e. The van der Waals surface area contributed by atoms with Gasteiger partial charge in [-0.05, 0) is 65.8 Å². The summed E-state index contributed by atoms with van der Waals surface area (Å²) in [5.74, 6) is 6.66. The minimum atomic E-state index is 0.639. The Bertz CT molecular complexity index is 153. The lowest BCUT2D eigenvalue weighted by atomic mass is 9.85. The van der Waals surface area contributed by atoms with Crippen molar-refractivity contribution in [2.75, 3.05) is 28.8 Å². The summed E-state index contributed by atoms with van der Waals surface area (Å²) in [6.45, 7) is 0. The first-order valence-electron chi connectivity index (χ1n) is 5.77. The second-order valence-electron chi connectivity index (χ2n) is 4.19. The summed E-state index contributed by atoms with van der Waals surface area (Å²) in [6.07, 6.45) is 3.49. The van der Waals surface area contributed by atoms with Crippen molar-refractivity contribution in [2.45, 2.75) is 19.3 Å². The fourth-order valence-corrected chi connectivity index (χ4v) is 3.91. The van der Waals surface area contributed by atoms with E-state index in [-0.39, 0.29) is 0 Å². The van der Waals surface area contributed by atoms with Crippen molar-refractivity contribution in [3.05, 3.63) is 0 Å². The standard InChI is InChI=1S/C11H24S5/c12-3-1-9(6-14)5-11(8-16)10(7-15)2-4-13/h9-16H,1-8H2. The average Bonchev–Trinajstić information content (AvgIpc) is 2.32. The molecule has 0 bridgehead atoms. The van der Waals surface area contributed by atoms with Crippen molar-refractivity contribution in [1.29, 1.82) is 0 Å². The molecule has 0 fully saturated rings. The van der Waals surface area contributed by atoms with Crippen molar-refractivity contribution < 1.29 is 0 Å². The van der Waals surface area contributed by atoms with Gasteiger partial charge in [0.2, 0.25) is 0 Å². The van der Waals surface area contributed by atoms with Gasteiger partial charge in [-0.15, -0.1) is 0 Å². The van der Waals surface area contributed by atoms with Crippen LogP contribution in [0.25, 0.3) is 0 Å². The molecule has 0 spiro atoms. The Hall–Kier alpha value is 1.75. The quantitative estimate of drug-likeness (QED) is 0.373. The van der Waals surface area contributed by atoms with Crippen LogP contribution in [0.3, 0.4) is 0 Å². The van der Waals surface area contributed by atoms with Gasteiger partial charge in [0.05, 0.1) is 0 Å². The van der Waals surface area contributed by atoms with Gasteiger partial charge in [0.15, 0.2) is 0 Å². The normalized spacial score (nSPS) is 17.1. The first kappa shape index (κ1) is 17.8. The molecule has 0 aliphatic carbocycles. The lowest BCUT2D eigenvalue weighted by Crippen LogP contribution is -2.23. The highest BCUT2D eigenvalue weighted by Crippen LogP contribution is 2.28. The maximum atomic E-state index is 4.48. The lowest BCUT2D eigenvalue weighted by Gasteiger charge is -2.27. The summed E-state index contributed by atoms with van der Waals surface area (Å²) in [5.41, 5.74) is 0. The molecule has 0 radical (unpaired) electrons. The average molecular weight is 317 g/mol. The second-order valence-corrected chi connectivity index (χ2v) is 6.18. The summed E-state index contributed by atoms with van der Waals surface area (Å²) in [7, 11) is 0. The minimum Gasteiger partial charge on any atom is -0.179 e. The van der Waals surface area contributed by atoms with E-state index in [4.69, 9.17) is 0 Å². The lowest BCUT2D eigenvalue weighted by molar-refractivity contribution is 0.319. The molecule has 0 nitrogen and oxygen atoms in total. The van der Waals surface area contributed by atoms with Crippen molar-refractivity contribution in [2.24, 2.45) is 17.8 Å². The predicted octanol–water partition coefficient (Wildman–Crippen LogP) is 3.65. The van der Waals surface area contributed by atoms with Crippen LogP contribution in [0.2, 0.25) is 0 Å². The SMILES string of the molecule is SCCC(CS)CC(CS)C(CS)CCS. The van der Waals surface area contributed by atoms with Crippen molar-refractivity contribution in [3.8, 4) is 0 Å². The van der Waals surface area contributed by atoms with Gasteiger partial charge in [0, 0.05) is 0 Å². The van der Waals surface area contributed by atoms with Gasteiger partial charge in [0.25, 0.3) is 0 Å². The number of rotatable bonds is 10. The first-order valence-corrected chi connectivity index (χ1v) is 8.93. The van der Waals surface area contributed by atoms with Crippen LogP contribution >= 0.6 is 63.1 Å². The van der Waals surface area contributed by atoms with Crippen molar-refractivity contribution in [3.63, 3.8) is 0 Å². The van der Waals surface area contributed by atoms with Crippen LogP contribution in [0.4, 0.5) is 0 Å². The molecule has 0 aromatic heterocycles. The van der Waals surface area contributed by atoms with Gasteiger partial charge in [-0.25, -0.2) is 0 Å². The largest absolute Gasteiger partial charge is 0.179 e. The number of hydrogen-bond acceptors (Lipinski definition) is 5. The van der Waals surface area contributed by atoms with E-state index < -0.39 is 0 Å². The van der Waals surface area contributed by atoms with E-state index in [2.05, 4.69) is 63.1 Å². The molecule has 0 aromatic carbocycles. The Labute approximate surface area is 128 Å². The molecule has 0 aromatic rings. The third-order valence-electron chi connectivity index (χ3n) is 3.07.